The summed E-state index contributed by atoms with van der Waals surface area (Å²) in [6.45, 7) is 0.879. The molecule has 2 aromatic carbocycles. The number of aliphatic hydroxyl groups excluding tert-OH is 2. The number of nitrogens with zero attached hydrogens (tertiary/aromatic N) is 2. The second kappa shape index (κ2) is 12.2. The molecule has 0 aromatic heterocycles. The Bertz CT molecular complexity index is 1090. The number of piperidine rings is 1. The third kappa shape index (κ3) is 7.56. The second-order valence-corrected chi connectivity index (χ2v) is 10.6. The molecule has 0 aliphatic carbocycles. The van der Waals surface area contributed by atoms with Gasteiger partial charge in [0.2, 0.25) is 15.9 Å². The summed E-state index contributed by atoms with van der Waals surface area (Å²) in [4.78, 5) is 25.1. The predicted molar refractivity (Wildman–Crippen MR) is 129 cm³/mol. The van der Waals surface area contributed by atoms with Crippen LogP contribution in [0.15, 0.2) is 59.5 Å². The van der Waals surface area contributed by atoms with Crippen molar-refractivity contribution in [2.24, 2.45) is 11.8 Å². The fourth-order valence-corrected chi connectivity index (χ4v) is 5.29. The first-order valence-corrected chi connectivity index (χ1v) is 13.0. The molecule has 10 nitrogen and oxygen atoms in total. The molecule has 0 spiro atoms. The van der Waals surface area contributed by atoms with Crippen LogP contribution in [-0.4, -0.2) is 66.7 Å². The van der Waals surface area contributed by atoms with E-state index in [9.17, 15) is 33.5 Å². The van der Waals surface area contributed by atoms with Gasteiger partial charge in [-0.1, -0.05) is 30.3 Å². The number of sulfonamides is 1. The maximum absolute atomic E-state index is 13.3. The van der Waals surface area contributed by atoms with Crippen molar-refractivity contribution in [1.29, 1.82) is 0 Å². The summed E-state index contributed by atoms with van der Waals surface area (Å²) in [6.07, 6.45) is 0.799. The Morgan fingerprint density at radius 3 is 2.31 bits per heavy atom. The highest BCUT2D eigenvalue weighted by Gasteiger charge is 2.30. The summed E-state index contributed by atoms with van der Waals surface area (Å²) in [5.41, 5.74) is 0.712. The van der Waals surface area contributed by atoms with E-state index in [-0.39, 0.29) is 42.0 Å². The molecule has 35 heavy (non-hydrogen) atoms. The molecule has 11 heteroatoms. The lowest BCUT2D eigenvalue weighted by molar-refractivity contribution is -0.384. The SMILES string of the molecule is O=C([C@H](Cc1ccccc1)C[C@H](O)CNS(=O)(=O)c1ccc([N+](=O)[O-])cc1)N1CCC(CO)CC1. The highest BCUT2D eigenvalue weighted by atomic mass is 32.2. The molecule has 1 fully saturated rings. The minimum Gasteiger partial charge on any atom is -0.396 e. The molecule has 2 atom stereocenters. The molecular weight excluding hydrogens is 474 g/mol. The largest absolute Gasteiger partial charge is 0.396 e. The quantitative estimate of drug-likeness (QED) is 0.311. The van der Waals surface area contributed by atoms with Gasteiger partial charge in [-0.05, 0) is 49.3 Å². The van der Waals surface area contributed by atoms with Gasteiger partial charge in [0.15, 0.2) is 0 Å². The zero-order chi connectivity index (χ0) is 25.4. The van der Waals surface area contributed by atoms with Crippen molar-refractivity contribution in [1.82, 2.24) is 9.62 Å². The van der Waals surface area contributed by atoms with Gasteiger partial charge in [-0.25, -0.2) is 13.1 Å². The van der Waals surface area contributed by atoms with Gasteiger partial charge in [0.25, 0.3) is 5.69 Å². The van der Waals surface area contributed by atoms with Crippen molar-refractivity contribution >= 4 is 21.6 Å². The molecular formula is C24H31N3O7S. The number of nitrogens with one attached hydrogen (secondary N) is 1. The Morgan fingerprint density at radius 2 is 1.74 bits per heavy atom. The molecule has 0 bridgehead atoms. The van der Waals surface area contributed by atoms with E-state index in [1.54, 1.807) is 4.90 Å². The summed E-state index contributed by atoms with van der Waals surface area (Å²) < 4.78 is 27.4. The van der Waals surface area contributed by atoms with Gasteiger partial charge in [0, 0.05) is 44.3 Å². The second-order valence-electron chi connectivity index (χ2n) is 8.83. The van der Waals surface area contributed by atoms with Crippen molar-refractivity contribution in [3.8, 4) is 0 Å². The highest BCUT2D eigenvalue weighted by Crippen LogP contribution is 2.23. The number of carbonyl (C=O) groups is 1. The summed E-state index contributed by atoms with van der Waals surface area (Å²) in [5.74, 6) is -0.449. The van der Waals surface area contributed by atoms with Gasteiger partial charge >= 0.3 is 0 Å². The molecule has 3 N–H and O–H groups in total. The lowest BCUT2D eigenvalue weighted by atomic mass is 9.90. The van der Waals surface area contributed by atoms with E-state index < -0.39 is 27.0 Å². The van der Waals surface area contributed by atoms with E-state index in [1.807, 2.05) is 30.3 Å². The van der Waals surface area contributed by atoms with Crippen LogP contribution in [0.5, 0.6) is 0 Å². The van der Waals surface area contributed by atoms with E-state index in [0.717, 1.165) is 42.7 Å². The van der Waals surface area contributed by atoms with E-state index >= 15 is 0 Å². The molecule has 1 saturated heterocycles. The summed E-state index contributed by atoms with van der Waals surface area (Å²) in [6, 6.07) is 13.9. The normalized spacial score (nSPS) is 16.6. The highest BCUT2D eigenvalue weighted by molar-refractivity contribution is 7.89. The Balaban J connectivity index is 1.64. The van der Waals surface area contributed by atoms with Crippen LogP contribution in [0.1, 0.15) is 24.8 Å². The number of hydrogen-bond acceptors (Lipinski definition) is 7. The number of benzene rings is 2. The number of hydrogen-bond donors (Lipinski definition) is 3. The zero-order valence-corrected chi connectivity index (χ0v) is 20.1. The van der Waals surface area contributed by atoms with Crippen LogP contribution >= 0.6 is 0 Å². The Hall–Kier alpha value is -2.86. The number of non-ortho nitro benzene ring substituents is 1. The number of amides is 1. The fraction of sp³-hybridized carbons (Fsp3) is 0.458. The third-order valence-electron chi connectivity index (χ3n) is 6.28. The predicted octanol–water partition coefficient (Wildman–Crippen LogP) is 1.71. The Kier molecular flexibility index (Phi) is 9.33. The van der Waals surface area contributed by atoms with E-state index in [4.69, 9.17) is 0 Å². The van der Waals surface area contributed by atoms with Gasteiger partial charge in [0.05, 0.1) is 15.9 Å². The van der Waals surface area contributed by atoms with Gasteiger partial charge in [-0.3, -0.25) is 14.9 Å². The van der Waals surface area contributed by atoms with Gasteiger partial charge in [-0.2, -0.15) is 0 Å². The van der Waals surface area contributed by atoms with Gasteiger partial charge in [-0.15, -0.1) is 0 Å². The minimum absolute atomic E-state index is 0.0659. The lowest BCUT2D eigenvalue weighted by Crippen LogP contribution is -2.44. The monoisotopic (exact) mass is 505 g/mol. The first kappa shape index (κ1) is 26.7. The van der Waals surface area contributed by atoms with E-state index in [0.29, 0.717) is 19.5 Å². The smallest absolute Gasteiger partial charge is 0.269 e. The maximum Gasteiger partial charge on any atom is 0.269 e. The van der Waals surface area contributed by atoms with Crippen LogP contribution < -0.4 is 4.72 Å². The van der Waals surface area contributed by atoms with Crippen LogP contribution in [0.25, 0.3) is 0 Å². The summed E-state index contributed by atoms with van der Waals surface area (Å²) in [7, 11) is -3.99. The molecule has 0 radical (unpaired) electrons. The van der Waals surface area contributed by atoms with Crippen molar-refractivity contribution in [3.05, 3.63) is 70.3 Å². The van der Waals surface area contributed by atoms with Crippen LogP contribution in [-0.2, 0) is 21.2 Å². The van der Waals surface area contributed by atoms with Crippen LogP contribution in [0.3, 0.4) is 0 Å². The molecule has 1 aliphatic rings. The van der Waals surface area contributed by atoms with Crippen molar-refractivity contribution in [2.45, 2.75) is 36.7 Å². The average molecular weight is 506 g/mol. The van der Waals surface area contributed by atoms with Crippen molar-refractivity contribution in [2.75, 3.05) is 26.2 Å². The number of nitro groups is 1. The number of carbonyl (C=O) groups excluding carboxylic acids is 1. The van der Waals surface area contributed by atoms with E-state index in [2.05, 4.69) is 4.72 Å². The Morgan fingerprint density at radius 1 is 1.11 bits per heavy atom. The number of likely N-dealkylation sites (tertiary alicyclic amines) is 1. The maximum atomic E-state index is 13.3. The standard InChI is InChI=1S/C24H31N3O7S/c28-17-19-10-12-26(13-11-19)24(30)20(14-18-4-2-1-3-5-18)15-22(29)16-25-35(33,34)23-8-6-21(7-9-23)27(31)32/h1-9,19-20,22,25,28-29H,10-17H2/t20-,22+/m1/s1. The summed E-state index contributed by atoms with van der Waals surface area (Å²) in [5, 5.41) is 30.8. The minimum atomic E-state index is -3.99. The molecule has 2 aromatic rings. The first-order valence-electron chi connectivity index (χ1n) is 11.6. The van der Waals surface area contributed by atoms with Crippen LogP contribution in [0, 0.1) is 22.0 Å². The molecule has 190 valence electrons. The van der Waals surface area contributed by atoms with E-state index in [1.165, 1.54) is 0 Å². The van der Waals surface area contributed by atoms with Crippen LogP contribution in [0.4, 0.5) is 5.69 Å². The van der Waals surface area contributed by atoms with Crippen LogP contribution in [0.2, 0.25) is 0 Å². The molecule has 1 aliphatic heterocycles. The van der Waals surface area contributed by atoms with Crippen molar-refractivity contribution < 1.29 is 28.3 Å². The number of aliphatic hydroxyl groups is 2. The lowest BCUT2D eigenvalue weighted by Gasteiger charge is -2.34. The van der Waals surface area contributed by atoms with Crippen molar-refractivity contribution in [3.63, 3.8) is 0 Å². The summed E-state index contributed by atoms with van der Waals surface area (Å²) >= 11 is 0. The number of rotatable bonds is 11. The Labute approximate surface area is 204 Å². The molecule has 0 unspecified atom stereocenters. The number of nitro benzene ring substituents is 1. The molecule has 1 amide bonds. The molecule has 1 heterocycles. The molecule has 3 rings (SSSR count). The third-order valence-corrected chi connectivity index (χ3v) is 7.72. The average Bonchev–Trinajstić information content (AvgIpc) is 2.87. The van der Waals surface area contributed by atoms with Gasteiger partial charge < -0.3 is 15.1 Å². The zero-order valence-electron chi connectivity index (χ0n) is 19.3. The fourth-order valence-electron chi connectivity index (χ4n) is 4.21. The van der Waals surface area contributed by atoms with Gasteiger partial charge in [0.1, 0.15) is 0 Å². The topological polar surface area (TPSA) is 150 Å². The molecule has 0 saturated carbocycles. The first-order chi connectivity index (χ1) is 16.7.